The molecule has 20 heavy (non-hydrogen) atoms. The Balaban J connectivity index is 1.51. The average molecular weight is 269 g/mol. The lowest BCUT2D eigenvalue weighted by atomic mass is 9.97. The number of nitrogens with zero attached hydrogens (tertiary/aromatic N) is 2. The molecule has 0 saturated heterocycles. The molecule has 104 valence electrons. The number of nitrogens with one attached hydrogen (secondary N) is 1. The van der Waals surface area contributed by atoms with Crippen molar-refractivity contribution in [1.82, 2.24) is 14.7 Å². The van der Waals surface area contributed by atoms with Crippen molar-refractivity contribution < 1.29 is 4.79 Å². The molecule has 0 spiro atoms. The molecule has 2 unspecified atom stereocenters. The summed E-state index contributed by atoms with van der Waals surface area (Å²) >= 11 is 0. The largest absolute Gasteiger partial charge is 0.349 e. The van der Waals surface area contributed by atoms with E-state index < -0.39 is 0 Å². The van der Waals surface area contributed by atoms with Crippen LogP contribution in [0.2, 0.25) is 0 Å². The highest BCUT2D eigenvalue weighted by Gasteiger charge is 2.39. The fourth-order valence-electron chi connectivity index (χ4n) is 3.56. The van der Waals surface area contributed by atoms with Gasteiger partial charge >= 0.3 is 0 Å². The lowest BCUT2D eigenvalue weighted by molar-refractivity contribution is 0.0924. The summed E-state index contributed by atoms with van der Waals surface area (Å²) in [6.07, 6.45) is 11.8. The predicted octanol–water partition coefficient (Wildman–Crippen LogP) is 2.64. The van der Waals surface area contributed by atoms with E-state index in [0.717, 1.165) is 29.3 Å². The average Bonchev–Trinajstić information content (AvgIpc) is 3.01. The van der Waals surface area contributed by atoms with Gasteiger partial charge in [-0.25, -0.2) is 4.98 Å². The molecule has 4 rings (SSSR count). The number of rotatable bonds is 3. The van der Waals surface area contributed by atoms with Gasteiger partial charge in [0.05, 0.1) is 23.6 Å². The Morgan fingerprint density at radius 2 is 2.15 bits per heavy atom. The molecule has 2 aromatic rings. The third-order valence-corrected chi connectivity index (χ3v) is 4.78. The van der Waals surface area contributed by atoms with E-state index in [1.54, 1.807) is 12.5 Å². The maximum atomic E-state index is 12.4. The second-order valence-electron chi connectivity index (χ2n) is 6.16. The van der Waals surface area contributed by atoms with E-state index in [4.69, 9.17) is 0 Å². The molecule has 0 radical (unpaired) electrons. The summed E-state index contributed by atoms with van der Waals surface area (Å²) in [6, 6.07) is 4.20. The van der Waals surface area contributed by atoms with Crippen molar-refractivity contribution in [2.75, 3.05) is 0 Å². The van der Waals surface area contributed by atoms with Crippen LogP contribution in [0.25, 0.3) is 5.52 Å². The van der Waals surface area contributed by atoms with E-state index in [2.05, 4.69) is 10.3 Å². The fraction of sp³-hybridized carbons (Fsp3) is 0.500. The number of hydrogen-bond acceptors (Lipinski definition) is 2. The molecule has 2 aliphatic carbocycles. The number of carbonyl (C=O) groups excluding carboxylic acids is 1. The third-order valence-electron chi connectivity index (χ3n) is 4.78. The number of aromatic nitrogens is 2. The van der Waals surface area contributed by atoms with Crippen LogP contribution in [0, 0.1) is 11.8 Å². The van der Waals surface area contributed by atoms with Crippen molar-refractivity contribution in [1.29, 1.82) is 0 Å². The molecular weight excluding hydrogens is 250 g/mol. The maximum Gasteiger partial charge on any atom is 0.253 e. The number of hydrogen-bond donors (Lipinski definition) is 1. The zero-order valence-electron chi connectivity index (χ0n) is 11.5. The molecule has 2 atom stereocenters. The Morgan fingerprint density at radius 1 is 1.25 bits per heavy atom. The summed E-state index contributed by atoms with van der Waals surface area (Å²) in [5.41, 5.74) is 1.73. The number of amides is 1. The third kappa shape index (κ3) is 2.09. The number of carbonyl (C=O) groups is 1. The van der Waals surface area contributed by atoms with Crippen LogP contribution < -0.4 is 5.32 Å². The second-order valence-corrected chi connectivity index (χ2v) is 6.16. The molecule has 2 fully saturated rings. The van der Waals surface area contributed by atoms with Crippen LogP contribution in [0.4, 0.5) is 0 Å². The first-order valence-electron chi connectivity index (χ1n) is 7.54. The zero-order valence-corrected chi connectivity index (χ0v) is 11.5. The summed E-state index contributed by atoms with van der Waals surface area (Å²) < 4.78 is 1.89. The van der Waals surface area contributed by atoms with Gasteiger partial charge in [0.15, 0.2) is 0 Å². The molecule has 2 heterocycles. The first-order chi connectivity index (χ1) is 9.81. The number of fused-ring (bicyclic) bond motifs is 1. The Morgan fingerprint density at radius 3 is 3.00 bits per heavy atom. The highest BCUT2D eigenvalue weighted by atomic mass is 16.1. The van der Waals surface area contributed by atoms with Crippen LogP contribution in [-0.2, 0) is 0 Å². The Bertz CT molecular complexity index is 644. The van der Waals surface area contributed by atoms with Crippen LogP contribution in [0.15, 0.2) is 30.9 Å². The molecule has 2 saturated carbocycles. The topological polar surface area (TPSA) is 46.4 Å². The van der Waals surface area contributed by atoms with E-state index in [1.807, 2.05) is 22.7 Å². The Kier molecular flexibility index (Phi) is 2.76. The van der Waals surface area contributed by atoms with Crippen LogP contribution >= 0.6 is 0 Å². The van der Waals surface area contributed by atoms with E-state index in [9.17, 15) is 4.79 Å². The first kappa shape index (κ1) is 11.9. The molecule has 4 nitrogen and oxygen atoms in total. The molecule has 2 aromatic heterocycles. The van der Waals surface area contributed by atoms with Gasteiger partial charge in [0, 0.05) is 12.2 Å². The van der Waals surface area contributed by atoms with Crippen LogP contribution in [-0.4, -0.2) is 21.3 Å². The standard InChI is InChI=1S/C16H19N3O/c20-16(12-6-7-13-8-17-10-19(13)9-12)18-15-3-1-2-14(15)11-4-5-11/h6-11,14-15H,1-5H2,(H,18,20). The van der Waals surface area contributed by atoms with E-state index in [1.165, 1.54) is 25.7 Å². The molecule has 1 N–H and O–H groups in total. The van der Waals surface area contributed by atoms with Gasteiger partial charge in [-0.3, -0.25) is 4.79 Å². The molecule has 0 bridgehead atoms. The fourth-order valence-corrected chi connectivity index (χ4v) is 3.56. The summed E-state index contributed by atoms with van der Waals surface area (Å²) in [6.45, 7) is 0. The summed E-state index contributed by atoms with van der Waals surface area (Å²) in [5, 5.41) is 3.25. The SMILES string of the molecule is O=C(NC1CCCC1C1CC1)c1ccc2cncn2c1. The first-order valence-corrected chi connectivity index (χ1v) is 7.54. The van der Waals surface area contributed by atoms with Gasteiger partial charge in [-0.05, 0) is 49.7 Å². The van der Waals surface area contributed by atoms with Crippen molar-refractivity contribution in [3.05, 3.63) is 36.4 Å². The van der Waals surface area contributed by atoms with Crippen LogP contribution in [0.1, 0.15) is 42.5 Å². The van der Waals surface area contributed by atoms with E-state index in [0.29, 0.717) is 6.04 Å². The number of pyridine rings is 1. The second kappa shape index (κ2) is 4.62. The normalized spacial score (nSPS) is 26.0. The lowest BCUT2D eigenvalue weighted by Gasteiger charge is -2.20. The van der Waals surface area contributed by atoms with Gasteiger partial charge in [0.1, 0.15) is 0 Å². The van der Waals surface area contributed by atoms with Gasteiger partial charge < -0.3 is 9.72 Å². The van der Waals surface area contributed by atoms with Gasteiger partial charge in [-0.15, -0.1) is 0 Å². The number of imidazole rings is 1. The summed E-state index contributed by atoms with van der Waals surface area (Å²) in [4.78, 5) is 16.5. The predicted molar refractivity (Wildman–Crippen MR) is 76.5 cm³/mol. The zero-order chi connectivity index (χ0) is 13.5. The molecule has 1 amide bonds. The molecular formula is C16H19N3O. The van der Waals surface area contributed by atoms with Gasteiger partial charge in [0.2, 0.25) is 0 Å². The molecule has 0 aromatic carbocycles. The Labute approximate surface area is 118 Å². The van der Waals surface area contributed by atoms with Crippen molar-refractivity contribution in [3.63, 3.8) is 0 Å². The van der Waals surface area contributed by atoms with E-state index in [-0.39, 0.29) is 5.91 Å². The van der Waals surface area contributed by atoms with Gasteiger partial charge in [0.25, 0.3) is 5.91 Å². The molecule has 4 heteroatoms. The molecule has 2 aliphatic rings. The van der Waals surface area contributed by atoms with Crippen molar-refractivity contribution in [3.8, 4) is 0 Å². The van der Waals surface area contributed by atoms with Crippen molar-refractivity contribution in [2.45, 2.75) is 38.1 Å². The summed E-state index contributed by atoms with van der Waals surface area (Å²) in [7, 11) is 0. The highest BCUT2D eigenvalue weighted by molar-refractivity contribution is 5.94. The quantitative estimate of drug-likeness (QED) is 0.931. The van der Waals surface area contributed by atoms with Crippen LogP contribution in [0.3, 0.4) is 0 Å². The van der Waals surface area contributed by atoms with Gasteiger partial charge in [-0.2, -0.15) is 0 Å². The van der Waals surface area contributed by atoms with Crippen molar-refractivity contribution in [2.24, 2.45) is 11.8 Å². The minimum absolute atomic E-state index is 0.0538. The smallest absolute Gasteiger partial charge is 0.253 e. The highest BCUT2D eigenvalue weighted by Crippen LogP contribution is 2.45. The summed E-state index contributed by atoms with van der Waals surface area (Å²) in [5.74, 6) is 1.65. The van der Waals surface area contributed by atoms with Crippen LogP contribution in [0.5, 0.6) is 0 Å². The lowest BCUT2D eigenvalue weighted by Crippen LogP contribution is -2.38. The maximum absolute atomic E-state index is 12.4. The Hall–Kier alpha value is -1.84. The molecule has 0 aliphatic heterocycles. The minimum Gasteiger partial charge on any atom is -0.349 e. The minimum atomic E-state index is 0.0538. The van der Waals surface area contributed by atoms with Crippen molar-refractivity contribution >= 4 is 11.4 Å². The monoisotopic (exact) mass is 269 g/mol. The van der Waals surface area contributed by atoms with E-state index >= 15 is 0 Å². The van der Waals surface area contributed by atoms with Gasteiger partial charge in [-0.1, -0.05) is 6.42 Å².